The Morgan fingerprint density at radius 2 is 1.97 bits per heavy atom. The van der Waals surface area contributed by atoms with Crippen LogP contribution in [0.3, 0.4) is 0 Å². The maximum atomic E-state index is 10.4. The van der Waals surface area contributed by atoms with Crippen LogP contribution in [-0.2, 0) is 4.74 Å². The minimum Gasteiger partial charge on any atom is -0.509 e. The topological polar surface area (TPSA) is 74.9 Å². The van der Waals surface area contributed by atoms with Crippen molar-refractivity contribution in [3.63, 3.8) is 0 Å². The second kappa shape index (κ2) is 7.90. The predicted octanol–water partition coefficient (Wildman–Crippen LogP) is 3.83. The van der Waals surface area contributed by atoms with Crippen LogP contribution in [0.15, 0.2) is 42.5 Å². The molecule has 0 radical (unpaired) electrons. The molecule has 3 heterocycles. The lowest BCUT2D eigenvalue weighted by molar-refractivity contribution is -0.0710. The lowest BCUT2D eigenvalue weighted by Gasteiger charge is -2.42. The number of ether oxygens (including phenoxy) is 1. The Labute approximate surface area is 175 Å². The number of nitrogens with zero attached hydrogens (tertiary/aromatic N) is 4. The van der Waals surface area contributed by atoms with Crippen LogP contribution in [0.2, 0.25) is 0 Å². The normalized spacial score (nSPS) is 19.9. The predicted molar refractivity (Wildman–Crippen MR) is 116 cm³/mol. The average Bonchev–Trinajstić information content (AvgIpc) is 2.73. The number of piperidine rings is 1. The van der Waals surface area contributed by atoms with Gasteiger partial charge in [0.15, 0.2) is 11.5 Å². The largest absolute Gasteiger partial charge is 0.509 e. The highest BCUT2D eigenvalue weighted by Gasteiger charge is 2.30. The van der Waals surface area contributed by atoms with Crippen molar-refractivity contribution >= 4 is 22.3 Å². The lowest BCUT2D eigenvalue weighted by atomic mass is 10.0. The molecule has 2 aliphatic rings. The fourth-order valence-electron chi connectivity index (χ4n) is 4.28. The number of fused-ring (bicyclic) bond motifs is 1. The zero-order chi connectivity index (χ0) is 20.5. The first-order chi connectivity index (χ1) is 14.7. The quantitative estimate of drug-likeness (QED) is 0.648. The number of rotatable bonds is 4. The van der Waals surface area contributed by atoms with Crippen LogP contribution >= 0.6 is 0 Å². The summed E-state index contributed by atoms with van der Waals surface area (Å²) in [5, 5.41) is 24.9. The van der Waals surface area contributed by atoms with Gasteiger partial charge in [0.1, 0.15) is 11.4 Å². The van der Waals surface area contributed by atoms with Crippen LogP contribution in [-0.4, -0.2) is 58.6 Å². The summed E-state index contributed by atoms with van der Waals surface area (Å²) in [5.41, 5.74) is 1.58. The third-order valence-corrected chi connectivity index (χ3v) is 5.98. The monoisotopic (exact) mass is 401 g/mol. The van der Waals surface area contributed by atoms with E-state index in [1.54, 1.807) is 12.1 Å². The number of nitrogens with one attached hydrogen (secondary N) is 1. The Morgan fingerprint density at radius 1 is 1.13 bits per heavy atom. The minimum absolute atomic E-state index is 0.0364. The molecule has 0 unspecified atom stereocenters. The van der Waals surface area contributed by atoms with E-state index in [2.05, 4.69) is 25.3 Å². The van der Waals surface area contributed by atoms with E-state index < -0.39 is 0 Å². The molecule has 0 aliphatic carbocycles. The molecule has 0 amide bonds. The molecule has 5 rings (SSSR count). The molecule has 2 aromatic carbocycles. The van der Waals surface area contributed by atoms with Gasteiger partial charge in [0, 0.05) is 28.9 Å². The zero-order valence-electron chi connectivity index (χ0n) is 16.6. The van der Waals surface area contributed by atoms with E-state index in [1.165, 1.54) is 6.07 Å². The smallest absolute Gasteiger partial charge is 0.190 e. The van der Waals surface area contributed by atoms with Gasteiger partial charge in [0.05, 0.1) is 25.8 Å². The Balaban J connectivity index is 1.46. The molecular weight excluding hydrogens is 378 g/mol. The van der Waals surface area contributed by atoms with Crippen LogP contribution in [0.4, 0.5) is 11.5 Å². The van der Waals surface area contributed by atoms with Crippen molar-refractivity contribution in [2.45, 2.75) is 24.9 Å². The first-order valence-electron chi connectivity index (χ1n) is 10.3. The molecule has 30 heavy (non-hydrogen) atoms. The highest BCUT2D eigenvalue weighted by Crippen LogP contribution is 2.36. The number of hydrogen-bond donors (Lipinski definition) is 2. The highest BCUT2D eigenvalue weighted by molar-refractivity contribution is 6.01. The number of hydrogen-bond acceptors (Lipinski definition) is 6. The van der Waals surface area contributed by atoms with Gasteiger partial charge in [-0.05, 0) is 25.5 Å². The summed E-state index contributed by atoms with van der Waals surface area (Å²) in [6, 6.07) is 13.7. The fourth-order valence-corrected chi connectivity index (χ4v) is 4.28. The first-order valence-corrected chi connectivity index (χ1v) is 10.3. The number of phenols is 1. The molecule has 2 fully saturated rings. The van der Waals surface area contributed by atoms with Crippen molar-refractivity contribution in [2.24, 2.45) is 0 Å². The van der Waals surface area contributed by atoms with E-state index in [9.17, 15) is 5.11 Å². The fraction of sp³-hybridized carbons (Fsp3) is 0.348. The molecule has 1 atom stereocenters. The third-order valence-electron chi connectivity index (χ3n) is 5.98. The molecule has 7 nitrogen and oxygen atoms in total. The molecule has 3 aromatic rings. The van der Waals surface area contributed by atoms with Gasteiger partial charge in [-0.15, -0.1) is 10.2 Å². The summed E-state index contributed by atoms with van der Waals surface area (Å²) < 4.78 is 5.36. The van der Waals surface area contributed by atoms with Crippen molar-refractivity contribution in [1.29, 1.82) is 0 Å². The van der Waals surface area contributed by atoms with Crippen molar-refractivity contribution < 1.29 is 9.84 Å². The summed E-state index contributed by atoms with van der Waals surface area (Å²) >= 11 is 0. The Morgan fingerprint density at radius 3 is 2.70 bits per heavy atom. The van der Waals surface area contributed by atoms with Gasteiger partial charge in [-0.25, -0.2) is 4.85 Å². The van der Waals surface area contributed by atoms with Crippen molar-refractivity contribution in [3.8, 4) is 17.0 Å². The van der Waals surface area contributed by atoms with E-state index >= 15 is 0 Å². The Hall–Kier alpha value is -3.21. The number of aromatic nitrogens is 2. The van der Waals surface area contributed by atoms with E-state index in [4.69, 9.17) is 11.3 Å². The standard InChI is InChI=1S/C23H23N5O2/c1-24-15-8-9-20(21(29)11-15)22-18-6-2-3-7-19(18)23(27-26-22)25-16-5-4-10-28(12-16)17-13-30-14-17/h2-3,6-9,11,16-17,29H,4-5,10,12-14H2,(H,25,27)/t16-/m1/s1. The molecule has 1 aromatic heterocycles. The van der Waals surface area contributed by atoms with Gasteiger partial charge in [0.25, 0.3) is 0 Å². The molecule has 152 valence electrons. The van der Waals surface area contributed by atoms with Crippen molar-refractivity contribution in [3.05, 3.63) is 53.9 Å². The Kier molecular flexibility index (Phi) is 4.95. The van der Waals surface area contributed by atoms with Crippen LogP contribution < -0.4 is 5.32 Å². The number of anilines is 1. The van der Waals surface area contributed by atoms with Crippen LogP contribution in [0, 0.1) is 6.57 Å². The van der Waals surface area contributed by atoms with E-state index in [0.29, 0.717) is 29.0 Å². The van der Waals surface area contributed by atoms with E-state index in [1.807, 2.05) is 24.3 Å². The number of likely N-dealkylation sites (tertiary alicyclic amines) is 1. The highest BCUT2D eigenvalue weighted by atomic mass is 16.5. The molecular formula is C23H23N5O2. The van der Waals surface area contributed by atoms with Gasteiger partial charge >= 0.3 is 0 Å². The summed E-state index contributed by atoms with van der Waals surface area (Å²) in [4.78, 5) is 5.87. The minimum atomic E-state index is 0.0364. The SMILES string of the molecule is [C-]#[N+]c1ccc(-c2nnc(N[C@@H]3CCCN(C4COC4)C3)c3ccccc23)c(O)c1. The van der Waals surface area contributed by atoms with Gasteiger partial charge in [0.2, 0.25) is 0 Å². The summed E-state index contributed by atoms with van der Waals surface area (Å²) in [5.74, 6) is 0.803. The average molecular weight is 401 g/mol. The van der Waals surface area contributed by atoms with Gasteiger partial charge in [-0.1, -0.05) is 36.4 Å². The molecule has 2 saturated heterocycles. The summed E-state index contributed by atoms with van der Waals surface area (Å²) in [6.07, 6.45) is 2.25. The Bertz CT molecular complexity index is 1120. The molecule has 0 spiro atoms. The van der Waals surface area contributed by atoms with Crippen molar-refractivity contribution in [1.82, 2.24) is 15.1 Å². The van der Waals surface area contributed by atoms with Gasteiger partial charge in [-0.3, -0.25) is 4.90 Å². The zero-order valence-corrected chi connectivity index (χ0v) is 16.6. The second-order valence-corrected chi connectivity index (χ2v) is 7.93. The molecule has 7 heteroatoms. The van der Waals surface area contributed by atoms with Crippen LogP contribution in [0.25, 0.3) is 26.9 Å². The number of aromatic hydroxyl groups is 1. The molecule has 0 saturated carbocycles. The number of phenolic OH excluding ortho intramolecular Hbond substituents is 1. The first kappa shape index (κ1) is 18.8. The molecule has 2 N–H and O–H groups in total. The maximum Gasteiger partial charge on any atom is 0.190 e. The molecule has 0 bridgehead atoms. The second-order valence-electron chi connectivity index (χ2n) is 7.93. The lowest BCUT2D eigenvalue weighted by Crippen LogP contribution is -2.54. The summed E-state index contributed by atoms with van der Waals surface area (Å²) in [6.45, 7) is 10.9. The third kappa shape index (κ3) is 3.45. The van der Waals surface area contributed by atoms with Crippen LogP contribution in [0.1, 0.15) is 12.8 Å². The maximum absolute atomic E-state index is 10.4. The summed E-state index contributed by atoms with van der Waals surface area (Å²) in [7, 11) is 0. The van der Waals surface area contributed by atoms with Gasteiger partial charge < -0.3 is 15.2 Å². The molecule has 2 aliphatic heterocycles. The number of benzene rings is 2. The van der Waals surface area contributed by atoms with Crippen LogP contribution in [0.5, 0.6) is 5.75 Å². The van der Waals surface area contributed by atoms with Crippen molar-refractivity contribution in [2.75, 3.05) is 31.6 Å². The van der Waals surface area contributed by atoms with Gasteiger partial charge in [-0.2, -0.15) is 0 Å². The van der Waals surface area contributed by atoms with E-state index in [0.717, 1.165) is 55.7 Å². The van der Waals surface area contributed by atoms with E-state index in [-0.39, 0.29) is 5.75 Å².